The number of benzene rings is 2. The van der Waals surface area contributed by atoms with Gasteiger partial charge in [-0.3, -0.25) is 9.69 Å². The summed E-state index contributed by atoms with van der Waals surface area (Å²) in [6, 6.07) is 15.0. The van der Waals surface area contributed by atoms with Crippen LogP contribution in [0.25, 0.3) is 5.57 Å². The van der Waals surface area contributed by atoms with Crippen molar-refractivity contribution in [3.05, 3.63) is 88.0 Å². The van der Waals surface area contributed by atoms with E-state index >= 15 is 0 Å². The molecule has 0 bridgehead atoms. The van der Waals surface area contributed by atoms with Crippen LogP contribution in [-0.4, -0.2) is 55.6 Å². The molecule has 196 valence electrons. The number of hydrogen-bond donors (Lipinski definition) is 1. The van der Waals surface area contributed by atoms with Crippen molar-refractivity contribution in [2.45, 2.75) is 45.6 Å². The van der Waals surface area contributed by atoms with Crippen LogP contribution in [-0.2, 0) is 33.8 Å². The highest BCUT2D eigenvalue weighted by atomic mass is 16.6. The van der Waals surface area contributed by atoms with Gasteiger partial charge >= 0.3 is 5.97 Å². The van der Waals surface area contributed by atoms with Gasteiger partial charge in [-0.25, -0.2) is 0 Å². The Balaban J connectivity index is 1.28. The van der Waals surface area contributed by atoms with E-state index in [1.54, 1.807) is 13.3 Å². The highest BCUT2D eigenvalue weighted by Gasteiger charge is 2.19. The van der Waals surface area contributed by atoms with Crippen LogP contribution < -0.4 is 0 Å². The standard InChI is InChI=1S/C31H38N2O4/c1-3-25-6-4-5-7-29(25)30-11-9-23(18-28(30)22-36-2)14-17-37-32-20-24-8-10-26-12-15-33(16-13-31(34)35)21-27(26)19-24/h4-11,19-20,23H,3,12-18,21-22H2,1-2H3,(H,34,35)/b32-20+. The van der Waals surface area contributed by atoms with Crippen LogP contribution in [0.2, 0.25) is 0 Å². The van der Waals surface area contributed by atoms with Crippen molar-refractivity contribution < 1.29 is 19.5 Å². The van der Waals surface area contributed by atoms with Crippen molar-refractivity contribution in [2.75, 3.05) is 33.4 Å². The molecular formula is C31H38N2O4. The average molecular weight is 503 g/mol. The normalized spacial score (nSPS) is 17.8. The molecule has 0 saturated carbocycles. The SMILES string of the molecule is CCc1ccccc1C1=C(COC)CC(CCO/N=C/c2ccc3c(c2)CN(CCC(=O)O)CC3)C=C1. The Hall–Kier alpha value is -3.22. The lowest BCUT2D eigenvalue weighted by molar-refractivity contribution is -0.137. The van der Waals surface area contributed by atoms with E-state index in [1.807, 2.05) is 0 Å². The second-order valence-electron chi connectivity index (χ2n) is 9.84. The summed E-state index contributed by atoms with van der Waals surface area (Å²) in [4.78, 5) is 18.7. The van der Waals surface area contributed by atoms with Gasteiger partial charge in [0.05, 0.1) is 19.2 Å². The van der Waals surface area contributed by atoms with Gasteiger partial charge in [0, 0.05) is 26.7 Å². The van der Waals surface area contributed by atoms with Crippen LogP contribution >= 0.6 is 0 Å². The number of carboxylic acid groups (broad SMARTS) is 1. The predicted octanol–water partition coefficient (Wildman–Crippen LogP) is 5.50. The van der Waals surface area contributed by atoms with Crippen LogP contribution in [0.3, 0.4) is 0 Å². The molecule has 2 aliphatic rings. The molecule has 0 saturated heterocycles. The first-order valence-electron chi connectivity index (χ1n) is 13.3. The maximum Gasteiger partial charge on any atom is 0.304 e. The van der Waals surface area contributed by atoms with Gasteiger partial charge in [-0.05, 0) is 76.6 Å². The average Bonchev–Trinajstić information content (AvgIpc) is 2.92. The monoisotopic (exact) mass is 502 g/mol. The minimum absolute atomic E-state index is 0.177. The van der Waals surface area contributed by atoms with Crippen LogP contribution in [0.5, 0.6) is 0 Å². The van der Waals surface area contributed by atoms with Crippen molar-refractivity contribution in [2.24, 2.45) is 11.1 Å². The molecule has 2 aromatic carbocycles. The minimum atomic E-state index is -0.749. The quantitative estimate of drug-likeness (QED) is 0.236. The van der Waals surface area contributed by atoms with Crippen LogP contribution in [0.1, 0.15) is 54.0 Å². The molecule has 0 amide bonds. The number of nitrogens with zero attached hydrogens (tertiary/aromatic N) is 2. The molecule has 0 fully saturated rings. The fraction of sp³-hybridized carbons (Fsp3) is 0.419. The second-order valence-corrected chi connectivity index (χ2v) is 9.84. The van der Waals surface area contributed by atoms with E-state index in [-0.39, 0.29) is 6.42 Å². The molecule has 1 unspecified atom stereocenters. The van der Waals surface area contributed by atoms with Crippen molar-refractivity contribution in [1.29, 1.82) is 0 Å². The fourth-order valence-corrected chi connectivity index (χ4v) is 5.24. The number of carboxylic acids is 1. The number of carbonyl (C=O) groups is 1. The molecule has 1 atom stereocenters. The van der Waals surface area contributed by atoms with E-state index in [1.165, 1.54) is 33.4 Å². The van der Waals surface area contributed by atoms with Gasteiger partial charge in [0.25, 0.3) is 0 Å². The number of methoxy groups -OCH3 is 1. The molecular weight excluding hydrogens is 464 g/mol. The lowest BCUT2D eigenvalue weighted by Gasteiger charge is -2.28. The maximum atomic E-state index is 10.9. The largest absolute Gasteiger partial charge is 0.481 e. The predicted molar refractivity (Wildman–Crippen MR) is 148 cm³/mol. The van der Waals surface area contributed by atoms with Crippen LogP contribution in [0, 0.1) is 5.92 Å². The zero-order chi connectivity index (χ0) is 26.0. The highest BCUT2D eigenvalue weighted by Crippen LogP contribution is 2.33. The smallest absolute Gasteiger partial charge is 0.304 e. The van der Waals surface area contributed by atoms with Crippen molar-refractivity contribution in [3.63, 3.8) is 0 Å². The maximum absolute atomic E-state index is 10.9. The van der Waals surface area contributed by atoms with Gasteiger partial charge in [-0.2, -0.15) is 0 Å². The third-order valence-electron chi connectivity index (χ3n) is 7.25. The van der Waals surface area contributed by atoms with E-state index in [4.69, 9.17) is 14.7 Å². The third-order valence-corrected chi connectivity index (χ3v) is 7.25. The molecule has 2 aromatic rings. The first-order valence-corrected chi connectivity index (χ1v) is 13.3. The zero-order valence-electron chi connectivity index (χ0n) is 22.0. The first-order chi connectivity index (χ1) is 18.1. The minimum Gasteiger partial charge on any atom is -0.481 e. The van der Waals surface area contributed by atoms with Crippen molar-refractivity contribution in [1.82, 2.24) is 4.90 Å². The van der Waals surface area contributed by atoms with Gasteiger partial charge < -0.3 is 14.7 Å². The first kappa shape index (κ1) is 26.8. The summed E-state index contributed by atoms with van der Waals surface area (Å²) in [5.41, 5.74) is 8.88. The molecule has 6 heteroatoms. The highest BCUT2D eigenvalue weighted by molar-refractivity contribution is 5.80. The van der Waals surface area contributed by atoms with E-state index in [0.717, 1.165) is 44.3 Å². The summed E-state index contributed by atoms with van der Waals surface area (Å²) in [5.74, 6) is -0.348. The fourth-order valence-electron chi connectivity index (χ4n) is 5.24. The molecule has 0 spiro atoms. The molecule has 37 heavy (non-hydrogen) atoms. The van der Waals surface area contributed by atoms with Crippen molar-refractivity contribution >= 4 is 17.8 Å². The van der Waals surface area contributed by atoms with E-state index < -0.39 is 5.97 Å². The Morgan fingerprint density at radius 2 is 2.08 bits per heavy atom. The second kappa shape index (κ2) is 13.4. The van der Waals surface area contributed by atoms with E-state index in [2.05, 4.69) is 71.6 Å². The van der Waals surface area contributed by atoms with Crippen LogP contribution in [0.4, 0.5) is 0 Å². The van der Waals surface area contributed by atoms with E-state index in [0.29, 0.717) is 25.7 Å². The molecule has 1 N–H and O–H groups in total. The Morgan fingerprint density at radius 3 is 2.89 bits per heavy atom. The van der Waals surface area contributed by atoms with Gasteiger partial charge in [0.2, 0.25) is 0 Å². The number of ether oxygens (including phenoxy) is 1. The van der Waals surface area contributed by atoms with Gasteiger partial charge in [0.15, 0.2) is 0 Å². The summed E-state index contributed by atoms with van der Waals surface area (Å²) in [6.07, 6.45) is 10.3. The molecule has 4 rings (SSSR count). The van der Waals surface area contributed by atoms with Gasteiger partial charge in [-0.15, -0.1) is 0 Å². The summed E-state index contributed by atoms with van der Waals surface area (Å²) < 4.78 is 5.54. The van der Waals surface area contributed by atoms with Crippen molar-refractivity contribution in [3.8, 4) is 0 Å². The molecule has 6 nitrogen and oxygen atoms in total. The Morgan fingerprint density at radius 1 is 1.22 bits per heavy atom. The number of aryl methyl sites for hydroxylation is 1. The van der Waals surface area contributed by atoms with E-state index in [9.17, 15) is 4.79 Å². The number of oxime groups is 1. The third kappa shape index (κ3) is 7.40. The molecule has 1 aliphatic heterocycles. The lowest BCUT2D eigenvalue weighted by atomic mass is 9.84. The molecule has 1 aliphatic carbocycles. The Labute approximate surface area is 220 Å². The Bertz CT molecular complexity index is 1170. The number of allylic oxidation sites excluding steroid dienone is 3. The number of aliphatic carboxylic acids is 1. The number of fused-ring (bicyclic) bond motifs is 1. The summed E-state index contributed by atoms with van der Waals surface area (Å²) >= 11 is 0. The zero-order valence-corrected chi connectivity index (χ0v) is 22.0. The topological polar surface area (TPSA) is 71.4 Å². The summed E-state index contributed by atoms with van der Waals surface area (Å²) in [6.45, 7) is 5.66. The Kier molecular flexibility index (Phi) is 9.69. The number of rotatable bonds is 12. The molecule has 0 aromatic heterocycles. The summed E-state index contributed by atoms with van der Waals surface area (Å²) in [5, 5.41) is 13.2. The number of hydrogen-bond acceptors (Lipinski definition) is 5. The van der Waals surface area contributed by atoms with Crippen LogP contribution in [0.15, 0.2) is 65.3 Å². The lowest BCUT2D eigenvalue weighted by Crippen LogP contribution is -2.32. The van der Waals surface area contributed by atoms with Gasteiger partial charge in [0.1, 0.15) is 6.61 Å². The van der Waals surface area contributed by atoms with Gasteiger partial charge in [-0.1, -0.05) is 60.6 Å². The summed E-state index contributed by atoms with van der Waals surface area (Å²) in [7, 11) is 1.76. The molecule has 1 heterocycles. The molecule has 0 radical (unpaired) electrons.